The third-order valence-electron chi connectivity index (χ3n) is 17.8. The second kappa shape index (κ2) is 14.0. The molecular weight excluding hydrogens is 793 g/mol. The number of pyridine rings is 1. The van der Waals surface area contributed by atoms with Gasteiger partial charge in [0.05, 0.1) is 11.4 Å². The number of rotatable bonds is 8. The van der Waals surface area contributed by atoms with Gasteiger partial charge in [-0.3, -0.25) is 0 Å². The van der Waals surface area contributed by atoms with Crippen molar-refractivity contribution in [1.29, 1.82) is 0 Å². The van der Waals surface area contributed by atoms with Crippen molar-refractivity contribution in [3.05, 3.63) is 113 Å². The number of phenolic OH excluding ortho intramolecular Hbond substituents is 2. The average molecular weight is 860 g/mol. The molecule has 1 aromatic heterocycles. The van der Waals surface area contributed by atoms with Crippen molar-refractivity contribution < 1.29 is 19.0 Å². The fraction of sp³-hybridized carbons (Fsp3) is 0.508. The van der Waals surface area contributed by atoms with E-state index < -0.39 is 0 Å². The summed E-state index contributed by atoms with van der Waals surface area (Å²) in [7, 11) is 0. The number of benzene rings is 4. The van der Waals surface area contributed by atoms with E-state index in [9.17, 15) is 10.2 Å². The summed E-state index contributed by atoms with van der Waals surface area (Å²) in [6, 6.07) is 24.9. The molecule has 8 aliphatic rings. The molecule has 0 radical (unpaired) electrons. The van der Waals surface area contributed by atoms with Gasteiger partial charge in [0.25, 0.3) is 0 Å². The Morgan fingerprint density at radius 1 is 0.469 bits per heavy atom. The molecule has 0 aliphatic heterocycles. The molecule has 8 aliphatic carbocycles. The van der Waals surface area contributed by atoms with Crippen LogP contribution in [-0.2, 0) is 10.8 Å². The first-order chi connectivity index (χ1) is 30.2. The molecule has 3 nitrogen and oxygen atoms in total. The van der Waals surface area contributed by atoms with Gasteiger partial charge >= 0.3 is 0 Å². The Balaban J connectivity index is 1.05. The summed E-state index contributed by atoms with van der Waals surface area (Å²) in [5, 5.41) is 25.1. The summed E-state index contributed by atoms with van der Waals surface area (Å²) in [4.78, 5) is 5.43. The van der Waals surface area contributed by atoms with E-state index in [-0.39, 0.29) is 67.5 Å². The summed E-state index contributed by atoms with van der Waals surface area (Å²) in [5.74, 6) is 1.36. The third kappa shape index (κ3) is 6.70. The molecule has 4 atom stereocenters. The molecular formula is C59H67F2NO2. The van der Waals surface area contributed by atoms with Gasteiger partial charge in [0, 0.05) is 44.2 Å². The van der Waals surface area contributed by atoms with Crippen LogP contribution in [0.5, 0.6) is 11.5 Å². The molecule has 0 amide bonds. The lowest BCUT2D eigenvalue weighted by Crippen LogP contribution is -2.56. The molecule has 5 heteroatoms. The van der Waals surface area contributed by atoms with E-state index in [1.54, 1.807) is 12.1 Å². The maximum absolute atomic E-state index is 16.3. The smallest absolute Gasteiger partial charge is 0.127 e. The van der Waals surface area contributed by atoms with E-state index >= 15 is 8.78 Å². The van der Waals surface area contributed by atoms with Gasteiger partial charge in [-0.2, -0.15) is 0 Å². The predicted octanol–water partition coefficient (Wildman–Crippen LogP) is 16.2. The van der Waals surface area contributed by atoms with Crippen LogP contribution in [0, 0.1) is 45.1 Å². The van der Waals surface area contributed by atoms with Gasteiger partial charge in [0.2, 0.25) is 0 Å². The van der Waals surface area contributed by atoms with Crippen molar-refractivity contribution in [3.63, 3.8) is 0 Å². The number of hydrogen-bond donors (Lipinski definition) is 2. The molecule has 2 N–H and O–H groups in total. The Labute approximate surface area is 380 Å². The molecule has 4 unspecified atom stereocenters. The van der Waals surface area contributed by atoms with E-state index in [0.717, 1.165) is 83.0 Å². The van der Waals surface area contributed by atoms with E-state index in [4.69, 9.17) is 4.98 Å². The van der Waals surface area contributed by atoms with E-state index in [2.05, 4.69) is 79.7 Å². The number of aromatic nitrogens is 1. The molecule has 8 saturated carbocycles. The molecule has 8 fully saturated rings. The van der Waals surface area contributed by atoms with Crippen LogP contribution < -0.4 is 0 Å². The summed E-state index contributed by atoms with van der Waals surface area (Å²) < 4.78 is 32.5. The molecule has 334 valence electrons. The van der Waals surface area contributed by atoms with E-state index in [1.165, 1.54) is 50.7 Å². The average Bonchev–Trinajstić information content (AvgIpc) is 3.19. The van der Waals surface area contributed by atoms with Gasteiger partial charge in [-0.15, -0.1) is 0 Å². The Kier molecular flexibility index (Phi) is 9.22. The van der Waals surface area contributed by atoms with Crippen molar-refractivity contribution in [2.75, 3.05) is 0 Å². The van der Waals surface area contributed by atoms with Crippen LogP contribution in [0.4, 0.5) is 8.78 Å². The fourth-order valence-corrected chi connectivity index (χ4v) is 17.4. The maximum atomic E-state index is 16.3. The lowest BCUT2D eigenvalue weighted by Gasteiger charge is -2.65. The predicted molar refractivity (Wildman–Crippen MR) is 256 cm³/mol. The lowest BCUT2D eigenvalue weighted by molar-refractivity contribution is -0.110. The lowest BCUT2D eigenvalue weighted by atomic mass is 9.39. The van der Waals surface area contributed by atoms with Crippen LogP contribution in [-0.4, -0.2) is 15.2 Å². The highest BCUT2D eigenvalue weighted by Gasteiger charge is 2.62. The van der Waals surface area contributed by atoms with Crippen molar-refractivity contribution >= 4 is 0 Å². The number of phenols is 2. The molecule has 13 rings (SSSR count). The van der Waals surface area contributed by atoms with Crippen LogP contribution in [0.25, 0.3) is 44.8 Å². The summed E-state index contributed by atoms with van der Waals surface area (Å²) in [6.07, 6.45) is 13.2. The fourth-order valence-electron chi connectivity index (χ4n) is 17.4. The van der Waals surface area contributed by atoms with Crippen LogP contribution in [0.3, 0.4) is 0 Å². The highest BCUT2D eigenvalue weighted by Crippen LogP contribution is 2.72. The molecule has 5 aromatic rings. The molecule has 4 aromatic carbocycles. The maximum Gasteiger partial charge on any atom is 0.127 e. The summed E-state index contributed by atoms with van der Waals surface area (Å²) >= 11 is 0. The Morgan fingerprint density at radius 2 is 0.844 bits per heavy atom. The van der Waals surface area contributed by atoms with Gasteiger partial charge in [0.15, 0.2) is 0 Å². The number of nitrogens with zero attached hydrogens (tertiary/aromatic N) is 1. The first-order valence-electron chi connectivity index (χ1n) is 24.5. The number of aromatic hydroxyl groups is 2. The molecule has 1 heterocycles. The molecule has 0 spiro atoms. The third-order valence-corrected chi connectivity index (χ3v) is 17.8. The van der Waals surface area contributed by atoms with Crippen LogP contribution in [0.2, 0.25) is 0 Å². The van der Waals surface area contributed by atoms with Gasteiger partial charge in [-0.05, 0) is 193 Å². The largest absolute Gasteiger partial charge is 0.507 e. The zero-order valence-corrected chi connectivity index (χ0v) is 39.4. The van der Waals surface area contributed by atoms with Crippen LogP contribution in [0.15, 0.2) is 78.9 Å². The zero-order valence-electron chi connectivity index (χ0n) is 39.4. The normalized spacial score (nSPS) is 33.5. The first kappa shape index (κ1) is 42.1. The van der Waals surface area contributed by atoms with Gasteiger partial charge in [-0.1, -0.05) is 85.7 Å². The SMILES string of the molecule is CC(C)c1ccc(-c2cc(F)cc(C34CC5CC(C)(CC(C)(C5)C3)C4)c2O)c(-c2cccc(-c3cc(C(C)C)ccc3-c3cc(F)cc(C45CC6CC(C)(CC(C)(C6)C4)C5)c3O)n2)c1. The second-order valence-electron chi connectivity index (χ2n) is 24.8. The molecule has 64 heavy (non-hydrogen) atoms. The van der Waals surface area contributed by atoms with Crippen molar-refractivity contribution in [2.24, 2.45) is 33.5 Å². The van der Waals surface area contributed by atoms with E-state index in [0.29, 0.717) is 34.4 Å². The van der Waals surface area contributed by atoms with Crippen molar-refractivity contribution in [2.45, 2.75) is 155 Å². The van der Waals surface area contributed by atoms with Crippen molar-refractivity contribution in [3.8, 4) is 56.3 Å². The topological polar surface area (TPSA) is 53.4 Å². The Hall–Kier alpha value is -4.51. The van der Waals surface area contributed by atoms with Crippen LogP contribution in [0.1, 0.15) is 167 Å². The first-order valence-corrected chi connectivity index (χ1v) is 24.5. The zero-order chi connectivity index (χ0) is 44.9. The monoisotopic (exact) mass is 860 g/mol. The highest BCUT2D eigenvalue weighted by atomic mass is 19.1. The molecule has 0 saturated heterocycles. The standard InChI is InChI=1S/C59H67F2NO2/c1-34(2)38-12-14-42(46-18-40(60)20-48(52(46)63)58-26-36-22-54(5,30-58)28-55(6,23-36)31-58)44(16-38)50-10-9-11-51(62-50)45-17-39(35(3)4)13-15-43(45)47-19-41(61)21-49(53(47)64)59-27-37-24-56(7,32-59)29-57(8,25-37)33-59/h9-21,34-37,63-64H,22-33H2,1-8H3. The minimum atomic E-state index is -0.324. The van der Waals surface area contributed by atoms with Gasteiger partial charge in [-0.25, -0.2) is 13.8 Å². The van der Waals surface area contributed by atoms with Gasteiger partial charge < -0.3 is 10.2 Å². The van der Waals surface area contributed by atoms with Crippen molar-refractivity contribution in [1.82, 2.24) is 4.98 Å². The number of halogens is 2. The Bertz CT molecular complexity index is 2530. The van der Waals surface area contributed by atoms with Gasteiger partial charge in [0.1, 0.15) is 23.1 Å². The highest BCUT2D eigenvalue weighted by molar-refractivity contribution is 5.89. The summed E-state index contributed by atoms with van der Waals surface area (Å²) in [5.41, 5.74) is 9.61. The molecule has 8 bridgehead atoms. The Morgan fingerprint density at radius 3 is 1.19 bits per heavy atom. The minimum Gasteiger partial charge on any atom is -0.507 e. The minimum absolute atomic E-state index is 0.191. The second-order valence-corrected chi connectivity index (χ2v) is 24.8. The van der Waals surface area contributed by atoms with E-state index in [1.807, 2.05) is 30.3 Å². The van der Waals surface area contributed by atoms with Crippen LogP contribution >= 0.6 is 0 Å². The number of hydrogen-bond acceptors (Lipinski definition) is 3. The quantitative estimate of drug-likeness (QED) is 0.163. The summed E-state index contributed by atoms with van der Waals surface area (Å²) in [6.45, 7) is 18.4.